The van der Waals surface area contributed by atoms with Crippen molar-refractivity contribution in [3.05, 3.63) is 0 Å². The van der Waals surface area contributed by atoms with E-state index in [1.807, 2.05) is 13.8 Å². The van der Waals surface area contributed by atoms with E-state index in [2.05, 4.69) is 34.6 Å². The predicted octanol–water partition coefficient (Wildman–Crippen LogP) is 4.66. The molecule has 0 aromatic heterocycles. The van der Waals surface area contributed by atoms with E-state index in [9.17, 15) is 15.3 Å². The van der Waals surface area contributed by atoms with Gasteiger partial charge >= 0.3 is 0 Å². The zero-order valence-electron chi connectivity index (χ0n) is 22.9. The van der Waals surface area contributed by atoms with Gasteiger partial charge in [0.2, 0.25) is 5.79 Å². The van der Waals surface area contributed by atoms with Crippen molar-refractivity contribution in [1.82, 2.24) is 0 Å². The van der Waals surface area contributed by atoms with Crippen LogP contribution in [0.5, 0.6) is 0 Å². The summed E-state index contributed by atoms with van der Waals surface area (Å²) in [4.78, 5) is 0. The Balaban J connectivity index is 1.26. The first-order valence-corrected chi connectivity index (χ1v) is 14.5. The van der Waals surface area contributed by atoms with Gasteiger partial charge in [-0.25, -0.2) is 0 Å². The second-order valence-corrected chi connectivity index (χ2v) is 15.9. The fourth-order valence-electron chi connectivity index (χ4n) is 12.6. The second-order valence-electron chi connectivity index (χ2n) is 15.9. The fourth-order valence-corrected chi connectivity index (χ4v) is 12.6. The molecule has 5 nitrogen and oxygen atoms in total. The molecule has 7 aliphatic rings. The van der Waals surface area contributed by atoms with Crippen molar-refractivity contribution in [2.24, 2.45) is 50.7 Å². The molecule has 0 aromatic rings. The van der Waals surface area contributed by atoms with Crippen LogP contribution in [0.4, 0.5) is 0 Å². The van der Waals surface area contributed by atoms with Gasteiger partial charge in [-0.2, -0.15) is 0 Å². The van der Waals surface area contributed by atoms with Crippen LogP contribution in [0, 0.1) is 50.7 Å². The summed E-state index contributed by atoms with van der Waals surface area (Å²) >= 11 is 0. The normalized spacial score (nSPS) is 65.3. The minimum absolute atomic E-state index is 0.0106. The zero-order valence-corrected chi connectivity index (χ0v) is 22.9. The molecule has 35 heavy (non-hydrogen) atoms. The van der Waals surface area contributed by atoms with Gasteiger partial charge in [-0.3, -0.25) is 0 Å². The third kappa shape index (κ3) is 2.34. The molecule has 13 atom stereocenters. The molecule has 0 unspecified atom stereocenters. The Kier molecular flexibility index (Phi) is 4.32. The molecule has 5 saturated carbocycles. The molecule has 2 spiro atoms. The van der Waals surface area contributed by atoms with Crippen LogP contribution in [-0.2, 0) is 9.47 Å². The van der Waals surface area contributed by atoms with Gasteiger partial charge in [0.1, 0.15) is 12.2 Å². The molecule has 0 aromatic carbocycles. The minimum atomic E-state index is -1.62. The van der Waals surface area contributed by atoms with Gasteiger partial charge in [0.15, 0.2) is 0 Å². The third-order valence-electron chi connectivity index (χ3n) is 14.4. The van der Waals surface area contributed by atoms with Gasteiger partial charge in [0, 0.05) is 0 Å². The largest absolute Gasteiger partial charge is 0.393 e. The van der Waals surface area contributed by atoms with Crippen LogP contribution in [0.25, 0.3) is 0 Å². The van der Waals surface area contributed by atoms with E-state index in [0.29, 0.717) is 28.6 Å². The lowest BCUT2D eigenvalue weighted by molar-refractivity contribution is -0.327. The van der Waals surface area contributed by atoms with Crippen molar-refractivity contribution in [2.45, 2.75) is 136 Å². The van der Waals surface area contributed by atoms with E-state index in [1.165, 1.54) is 38.5 Å². The van der Waals surface area contributed by atoms with Crippen molar-refractivity contribution < 1.29 is 24.8 Å². The number of fused-ring (bicyclic) bond motifs is 5. The first-order chi connectivity index (χ1) is 16.1. The van der Waals surface area contributed by atoms with Gasteiger partial charge < -0.3 is 24.8 Å². The first-order valence-electron chi connectivity index (χ1n) is 14.5. The molecule has 2 saturated heterocycles. The Morgan fingerprint density at radius 2 is 1.43 bits per heavy atom. The fraction of sp³-hybridized carbons (Fsp3) is 1.00. The number of hydrogen-bond acceptors (Lipinski definition) is 5. The van der Waals surface area contributed by atoms with Crippen molar-refractivity contribution in [3.8, 4) is 0 Å². The van der Waals surface area contributed by atoms with Crippen LogP contribution < -0.4 is 0 Å². The number of rotatable bonds is 0. The highest BCUT2D eigenvalue weighted by molar-refractivity contribution is 5.32. The van der Waals surface area contributed by atoms with Gasteiger partial charge in [0.05, 0.1) is 17.8 Å². The highest BCUT2D eigenvalue weighted by atomic mass is 16.7. The van der Waals surface area contributed by atoms with E-state index >= 15 is 0 Å². The molecule has 0 radical (unpaired) electrons. The SMILES string of the molecule is C[C@H]1[C@H]2[C@H](C[C@@]3(C)[C@@H]4CC[C@H]5C(C)(C)[C@@H](O)CC[C@@]56C[C@@]46CC[C@]23C)O[C@@]2(O)[C@@H]1OC(C)(C)[C@H]2O. The van der Waals surface area contributed by atoms with E-state index < -0.39 is 23.6 Å². The van der Waals surface area contributed by atoms with E-state index in [4.69, 9.17) is 9.47 Å². The Morgan fingerprint density at radius 3 is 2.14 bits per heavy atom. The molecule has 5 heteroatoms. The van der Waals surface area contributed by atoms with Crippen LogP contribution in [0.2, 0.25) is 0 Å². The number of ether oxygens (including phenoxy) is 2. The lowest BCUT2D eigenvalue weighted by Crippen LogP contribution is -2.63. The molecule has 0 bridgehead atoms. The Morgan fingerprint density at radius 1 is 0.771 bits per heavy atom. The monoisotopic (exact) mass is 488 g/mol. The van der Waals surface area contributed by atoms with Gasteiger partial charge in [-0.1, -0.05) is 34.6 Å². The first kappa shape index (κ1) is 23.9. The summed E-state index contributed by atoms with van der Waals surface area (Å²) in [6, 6.07) is 0. The van der Waals surface area contributed by atoms with E-state index in [1.54, 1.807) is 0 Å². The van der Waals surface area contributed by atoms with Crippen LogP contribution in [0.1, 0.15) is 99.8 Å². The average Bonchev–Trinajstić information content (AvgIpc) is 3.32. The van der Waals surface area contributed by atoms with Gasteiger partial charge in [0.25, 0.3) is 0 Å². The molecule has 0 amide bonds. The van der Waals surface area contributed by atoms with Crippen molar-refractivity contribution in [2.75, 3.05) is 0 Å². The van der Waals surface area contributed by atoms with Gasteiger partial charge in [-0.05, 0) is 116 Å². The summed E-state index contributed by atoms with van der Waals surface area (Å²) in [5, 5.41) is 33.6. The van der Waals surface area contributed by atoms with Crippen molar-refractivity contribution >= 4 is 0 Å². The smallest absolute Gasteiger partial charge is 0.222 e. The van der Waals surface area contributed by atoms with Crippen molar-refractivity contribution in [1.29, 1.82) is 0 Å². The molecule has 2 heterocycles. The summed E-state index contributed by atoms with van der Waals surface area (Å²) < 4.78 is 12.9. The lowest BCUT2D eigenvalue weighted by atomic mass is 9.41. The quantitative estimate of drug-likeness (QED) is 0.462. The molecular weight excluding hydrogens is 440 g/mol. The molecule has 7 fully saturated rings. The van der Waals surface area contributed by atoms with E-state index in [-0.39, 0.29) is 34.4 Å². The maximum absolute atomic E-state index is 11.6. The summed E-state index contributed by atoms with van der Waals surface area (Å²) in [6.45, 7) is 15.7. The molecule has 3 N–H and O–H groups in total. The summed E-state index contributed by atoms with van der Waals surface area (Å²) in [5.74, 6) is 0.142. The number of hydrogen-bond donors (Lipinski definition) is 3. The van der Waals surface area contributed by atoms with Crippen LogP contribution in [-0.4, -0.2) is 51.1 Å². The van der Waals surface area contributed by atoms with Crippen LogP contribution in [0.15, 0.2) is 0 Å². The Hall–Kier alpha value is -0.200. The average molecular weight is 489 g/mol. The van der Waals surface area contributed by atoms with E-state index in [0.717, 1.165) is 12.8 Å². The number of aliphatic hydroxyl groups is 3. The molecule has 198 valence electrons. The molecule has 5 aliphatic carbocycles. The highest BCUT2D eigenvalue weighted by Crippen LogP contribution is 2.89. The predicted molar refractivity (Wildman–Crippen MR) is 132 cm³/mol. The Labute approximate surface area is 211 Å². The lowest BCUT2D eigenvalue weighted by Gasteiger charge is -2.63. The zero-order chi connectivity index (χ0) is 25.2. The topological polar surface area (TPSA) is 79.2 Å². The summed E-state index contributed by atoms with van der Waals surface area (Å²) in [6.07, 6.45) is 7.72. The third-order valence-corrected chi connectivity index (χ3v) is 14.4. The maximum Gasteiger partial charge on any atom is 0.222 e. The summed E-state index contributed by atoms with van der Waals surface area (Å²) in [7, 11) is 0. The Bertz CT molecular complexity index is 962. The van der Waals surface area contributed by atoms with Gasteiger partial charge in [-0.15, -0.1) is 0 Å². The second kappa shape index (κ2) is 6.33. The molecule has 2 aliphatic heterocycles. The van der Waals surface area contributed by atoms with Crippen LogP contribution >= 0.6 is 0 Å². The maximum atomic E-state index is 11.6. The molecule has 7 rings (SSSR count). The van der Waals surface area contributed by atoms with Crippen LogP contribution in [0.3, 0.4) is 0 Å². The molecular formula is C30H48O5. The summed E-state index contributed by atoms with van der Waals surface area (Å²) in [5.41, 5.74) is 0.319. The van der Waals surface area contributed by atoms with Crippen molar-refractivity contribution in [3.63, 3.8) is 0 Å². The highest BCUT2D eigenvalue weighted by Gasteiger charge is 2.84. The standard InChI is InChI=1S/C30H48O5/c1-16-21-17(34-30(33)22(16)35-25(4,5)23(30)32)14-27(7)19-9-8-18-24(2,3)20(31)10-11-28(18)15-29(19,28)13-12-26(21,27)6/h16-23,31-33H,8-15H2,1-7H3/t16-,17-,18-,19-,20-,21-,22+,23+,26+,27-,28+,29-,30-/m0/s1. The number of aliphatic hydroxyl groups excluding tert-OH is 2. The minimum Gasteiger partial charge on any atom is -0.393 e.